The number of nitrogens with zero attached hydrogens (tertiary/aromatic N) is 2. The zero-order valence-electron chi connectivity index (χ0n) is 11.8. The van der Waals surface area contributed by atoms with Crippen LogP contribution >= 0.6 is 0 Å². The fraction of sp³-hybridized carbons (Fsp3) is 0.800. The van der Waals surface area contributed by atoms with Gasteiger partial charge in [-0.25, -0.2) is 0 Å². The highest BCUT2D eigenvalue weighted by Gasteiger charge is 2.24. The van der Waals surface area contributed by atoms with Gasteiger partial charge in [-0.15, -0.1) is 0 Å². The van der Waals surface area contributed by atoms with Crippen LogP contribution in [0.2, 0.25) is 0 Å². The molecule has 0 aromatic carbocycles. The number of hydrogen-bond donors (Lipinski definition) is 1. The molecule has 1 aliphatic rings. The molecule has 0 radical (unpaired) electrons. The van der Waals surface area contributed by atoms with E-state index in [-0.39, 0.29) is 0 Å². The van der Waals surface area contributed by atoms with Gasteiger partial charge in [-0.05, 0) is 57.1 Å². The van der Waals surface area contributed by atoms with Gasteiger partial charge in [0, 0.05) is 12.2 Å². The van der Waals surface area contributed by atoms with Crippen molar-refractivity contribution in [3.05, 3.63) is 18.0 Å². The molecule has 1 fully saturated rings. The lowest BCUT2D eigenvalue weighted by atomic mass is 9.77. The van der Waals surface area contributed by atoms with Crippen molar-refractivity contribution in [2.75, 3.05) is 6.54 Å². The normalized spacial score (nSPS) is 26.2. The maximum absolute atomic E-state index is 5.90. The Kier molecular flexibility index (Phi) is 4.81. The maximum atomic E-state index is 5.90. The standard InChI is InChI=1S/C15H27N3/c1-3-12(2)18-9-8-15(17-18)10-13-6-4-5-7-14(13)11-16/h8-9,12-14H,3-7,10-11,16H2,1-2H3. The fourth-order valence-electron chi connectivity index (χ4n) is 3.05. The predicted molar refractivity (Wildman–Crippen MR) is 75.4 cm³/mol. The van der Waals surface area contributed by atoms with E-state index in [4.69, 9.17) is 10.8 Å². The van der Waals surface area contributed by atoms with Crippen molar-refractivity contribution < 1.29 is 0 Å². The van der Waals surface area contributed by atoms with Crippen LogP contribution in [-0.2, 0) is 6.42 Å². The van der Waals surface area contributed by atoms with Crippen molar-refractivity contribution in [3.63, 3.8) is 0 Å². The Morgan fingerprint density at radius 1 is 1.39 bits per heavy atom. The molecule has 3 atom stereocenters. The van der Waals surface area contributed by atoms with Crippen molar-refractivity contribution in [2.45, 2.75) is 58.4 Å². The third-order valence-corrected chi connectivity index (χ3v) is 4.55. The van der Waals surface area contributed by atoms with Crippen LogP contribution in [0.1, 0.15) is 57.7 Å². The summed E-state index contributed by atoms with van der Waals surface area (Å²) in [6.45, 7) is 5.27. The Bertz CT molecular complexity index is 358. The molecule has 0 bridgehead atoms. The molecule has 1 aliphatic carbocycles. The predicted octanol–water partition coefficient (Wildman–Crippen LogP) is 3.16. The van der Waals surface area contributed by atoms with E-state index < -0.39 is 0 Å². The van der Waals surface area contributed by atoms with Crippen molar-refractivity contribution in [1.29, 1.82) is 0 Å². The zero-order chi connectivity index (χ0) is 13.0. The van der Waals surface area contributed by atoms with Crippen LogP contribution in [0.3, 0.4) is 0 Å². The number of nitrogens with two attached hydrogens (primary N) is 1. The van der Waals surface area contributed by atoms with Crippen LogP contribution in [-0.4, -0.2) is 16.3 Å². The molecule has 0 saturated heterocycles. The summed E-state index contributed by atoms with van der Waals surface area (Å²) in [5, 5.41) is 4.72. The second-order valence-electron chi connectivity index (χ2n) is 5.79. The average molecular weight is 249 g/mol. The molecule has 3 unspecified atom stereocenters. The summed E-state index contributed by atoms with van der Waals surface area (Å²) in [4.78, 5) is 0. The van der Waals surface area contributed by atoms with Gasteiger partial charge in [0.15, 0.2) is 0 Å². The molecule has 1 aromatic heterocycles. The molecule has 0 amide bonds. The van der Waals surface area contributed by atoms with Crippen LogP contribution in [0.4, 0.5) is 0 Å². The van der Waals surface area contributed by atoms with Gasteiger partial charge in [0.25, 0.3) is 0 Å². The number of rotatable bonds is 5. The fourth-order valence-corrected chi connectivity index (χ4v) is 3.05. The van der Waals surface area contributed by atoms with E-state index in [1.165, 1.54) is 31.4 Å². The summed E-state index contributed by atoms with van der Waals surface area (Å²) < 4.78 is 2.11. The third kappa shape index (κ3) is 3.14. The highest BCUT2D eigenvalue weighted by atomic mass is 15.3. The van der Waals surface area contributed by atoms with Gasteiger partial charge in [-0.1, -0.05) is 19.8 Å². The molecule has 3 nitrogen and oxygen atoms in total. The highest BCUT2D eigenvalue weighted by molar-refractivity contribution is 5.02. The van der Waals surface area contributed by atoms with Crippen molar-refractivity contribution in [3.8, 4) is 0 Å². The van der Waals surface area contributed by atoms with Crippen molar-refractivity contribution >= 4 is 0 Å². The summed E-state index contributed by atoms with van der Waals surface area (Å²) >= 11 is 0. The van der Waals surface area contributed by atoms with Gasteiger partial charge in [0.1, 0.15) is 0 Å². The van der Waals surface area contributed by atoms with Gasteiger partial charge in [-0.3, -0.25) is 4.68 Å². The second-order valence-corrected chi connectivity index (χ2v) is 5.79. The van der Waals surface area contributed by atoms with Crippen molar-refractivity contribution in [1.82, 2.24) is 9.78 Å². The van der Waals surface area contributed by atoms with Crippen LogP contribution in [0, 0.1) is 11.8 Å². The maximum Gasteiger partial charge on any atom is 0.0627 e. The quantitative estimate of drug-likeness (QED) is 0.871. The van der Waals surface area contributed by atoms with E-state index in [9.17, 15) is 0 Å². The largest absolute Gasteiger partial charge is 0.330 e. The lowest BCUT2D eigenvalue weighted by molar-refractivity contribution is 0.240. The Balaban J connectivity index is 1.97. The SMILES string of the molecule is CCC(C)n1ccc(CC2CCCCC2CN)n1. The Hall–Kier alpha value is -0.830. The molecule has 1 aromatic rings. The van der Waals surface area contributed by atoms with E-state index in [2.05, 4.69) is 30.8 Å². The minimum absolute atomic E-state index is 0.510. The summed E-state index contributed by atoms with van der Waals surface area (Å²) in [5.41, 5.74) is 7.15. The molecule has 0 spiro atoms. The topological polar surface area (TPSA) is 43.8 Å². The molecular weight excluding hydrogens is 222 g/mol. The average Bonchev–Trinajstić information content (AvgIpc) is 2.87. The molecule has 3 heteroatoms. The van der Waals surface area contributed by atoms with E-state index in [1.54, 1.807) is 0 Å². The van der Waals surface area contributed by atoms with E-state index in [0.717, 1.165) is 25.3 Å². The van der Waals surface area contributed by atoms with Gasteiger partial charge in [0.05, 0.1) is 5.69 Å². The molecule has 18 heavy (non-hydrogen) atoms. The molecule has 0 aliphatic heterocycles. The van der Waals surface area contributed by atoms with Crippen LogP contribution in [0.5, 0.6) is 0 Å². The number of aromatic nitrogens is 2. The Labute approximate surface area is 111 Å². The molecule has 1 heterocycles. The van der Waals surface area contributed by atoms with E-state index in [1.807, 2.05) is 0 Å². The van der Waals surface area contributed by atoms with Gasteiger partial charge in [-0.2, -0.15) is 5.10 Å². The smallest absolute Gasteiger partial charge is 0.0627 e. The summed E-state index contributed by atoms with van der Waals surface area (Å²) in [6.07, 6.45) is 9.75. The monoisotopic (exact) mass is 249 g/mol. The zero-order valence-corrected chi connectivity index (χ0v) is 11.8. The molecule has 1 saturated carbocycles. The molecular formula is C15H27N3. The van der Waals surface area contributed by atoms with Crippen LogP contribution in [0.15, 0.2) is 12.3 Å². The summed E-state index contributed by atoms with van der Waals surface area (Å²) in [7, 11) is 0. The van der Waals surface area contributed by atoms with E-state index in [0.29, 0.717) is 12.0 Å². The van der Waals surface area contributed by atoms with Crippen LogP contribution < -0.4 is 5.73 Å². The second kappa shape index (κ2) is 6.37. The Morgan fingerprint density at radius 2 is 2.11 bits per heavy atom. The Morgan fingerprint density at radius 3 is 2.78 bits per heavy atom. The lowest BCUT2D eigenvalue weighted by Crippen LogP contribution is -2.28. The minimum atomic E-state index is 0.510. The molecule has 2 N–H and O–H groups in total. The summed E-state index contributed by atoms with van der Waals surface area (Å²) in [5.74, 6) is 1.47. The first-order valence-corrected chi connectivity index (χ1v) is 7.48. The first-order chi connectivity index (χ1) is 8.74. The third-order valence-electron chi connectivity index (χ3n) is 4.55. The highest BCUT2D eigenvalue weighted by Crippen LogP contribution is 2.31. The minimum Gasteiger partial charge on any atom is -0.330 e. The lowest BCUT2D eigenvalue weighted by Gasteiger charge is -2.30. The van der Waals surface area contributed by atoms with Gasteiger partial charge < -0.3 is 5.73 Å². The van der Waals surface area contributed by atoms with Gasteiger partial charge in [0.2, 0.25) is 0 Å². The van der Waals surface area contributed by atoms with Gasteiger partial charge >= 0.3 is 0 Å². The number of hydrogen-bond acceptors (Lipinski definition) is 2. The van der Waals surface area contributed by atoms with E-state index >= 15 is 0 Å². The van der Waals surface area contributed by atoms with Crippen LogP contribution in [0.25, 0.3) is 0 Å². The first-order valence-electron chi connectivity index (χ1n) is 7.48. The van der Waals surface area contributed by atoms with Crippen molar-refractivity contribution in [2.24, 2.45) is 17.6 Å². The first kappa shape index (κ1) is 13.6. The summed E-state index contributed by atoms with van der Waals surface area (Å²) in [6, 6.07) is 2.70. The molecule has 2 rings (SSSR count). The molecule has 102 valence electrons.